The van der Waals surface area contributed by atoms with Gasteiger partial charge in [-0.3, -0.25) is 0 Å². The molecular formula is C14H6F4N3O2-. The lowest BCUT2D eigenvalue weighted by atomic mass is 10.1. The van der Waals surface area contributed by atoms with E-state index in [1.807, 2.05) is 0 Å². The third-order valence-corrected chi connectivity index (χ3v) is 3.07. The maximum atomic E-state index is 13.2. The van der Waals surface area contributed by atoms with Crippen molar-refractivity contribution in [3.05, 3.63) is 53.6 Å². The van der Waals surface area contributed by atoms with Crippen LogP contribution in [0.2, 0.25) is 0 Å². The summed E-state index contributed by atoms with van der Waals surface area (Å²) in [7, 11) is 0. The molecule has 3 rings (SSSR count). The van der Waals surface area contributed by atoms with E-state index in [9.17, 15) is 27.5 Å². The second kappa shape index (κ2) is 5.04. The van der Waals surface area contributed by atoms with E-state index in [1.54, 1.807) is 0 Å². The molecule has 9 heteroatoms. The number of carbonyl (C=O) groups excluding carboxylic acids is 1. The van der Waals surface area contributed by atoms with Crippen molar-refractivity contribution < 1.29 is 27.5 Å². The summed E-state index contributed by atoms with van der Waals surface area (Å²) < 4.78 is 52.8. The van der Waals surface area contributed by atoms with Gasteiger partial charge in [0, 0.05) is 11.6 Å². The predicted molar refractivity (Wildman–Crippen MR) is 67.7 cm³/mol. The minimum Gasteiger partial charge on any atom is -0.543 e. The Hall–Kier alpha value is -2.97. The molecule has 2 aromatic heterocycles. The van der Waals surface area contributed by atoms with Crippen molar-refractivity contribution in [3.63, 3.8) is 0 Å². The molecule has 0 aliphatic carbocycles. The Labute approximate surface area is 125 Å². The first-order valence-electron chi connectivity index (χ1n) is 6.21. The van der Waals surface area contributed by atoms with E-state index in [4.69, 9.17) is 0 Å². The average molecular weight is 324 g/mol. The first-order valence-corrected chi connectivity index (χ1v) is 6.21. The van der Waals surface area contributed by atoms with Gasteiger partial charge in [-0.1, -0.05) is 0 Å². The molecule has 0 radical (unpaired) electrons. The summed E-state index contributed by atoms with van der Waals surface area (Å²) in [5.41, 5.74) is -2.02. The summed E-state index contributed by atoms with van der Waals surface area (Å²) in [4.78, 5) is 14.7. The zero-order valence-electron chi connectivity index (χ0n) is 11.1. The van der Waals surface area contributed by atoms with E-state index in [0.29, 0.717) is 10.6 Å². The van der Waals surface area contributed by atoms with Crippen LogP contribution in [0.1, 0.15) is 16.2 Å². The molecule has 0 atom stereocenters. The predicted octanol–water partition coefficient (Wildman–Crippen LogP) is 1.92. The molecule has 0 N–H and O–H groups in total. The number of carboxylic acid groups (broad SMARTS) is 1. The Morgan fingerprint density at radius 1 is 1.13 bits per heavy atom. The molecule has 118 valence electrons. The second-order valence-electron chi connectivity index (χ2n) is 4.62. The number of carboxylic acids is 1. The zero-order chi connectivity index (χ0) is 16.8. The summed E-state index contributed by atoms with van der Waals surface area (Å²) in [5, 5.41) is 14.1. The van der Waals surface area contributed by atoms with Gasteiger partial charge in [0.05, 0.1) is 11.7 Å². The minimum absolute atomic E-state index is 0.0883. The van der Waals surface area contributed by atoms with E-state index in [1.165, 1.54) is 12.1 Å². The molecule has 0 unspecified atom stereocenters. The summed E-state index contributed by atoms with van der Waals surface area (Å²) in [5.74, 6) is -2.26. The van der Waals surface area contributed by atoms with Gasteiger partial charge in [0.1, 0.15) is 11.5 Å². The summed E-state index contributed by atoms with van der Waals surface area (Å²) in [6.45, 7) is 0. The molecule has 2 heterocycles. The van der Waals surface area contributed by atoms with Crippen LogP contribution in [0.5, 0.6) is 0 Å². The fourth-order valence-electron chi connectivity index (χ4n) is 2.04. The molecule has 0 fully saturated rings. The quantitative estimate of drug-likeness (QED) is 0.675. The van der Waals surface area contributed by atoms with Crippen molar-refractivity contribution in [3.8, 4) is 11.3 Å². The average Bonchev–Trinajstić information content (AvgIpc) is 2.90. The molecule has 5 nitrogen and oxygen atoms in total. The number of carbonyl (C=O) groups is 1. The molecular weight excluding hydrogens is 318 g/mol. The van der Waals surface area contributed by atoms with Gasteiger partial charge in [-0.15, -0.1) is 0 Å². The summed E-state index contributed by atoms with van der Waals surface area (Å²) in [6.07, 6.45) is -4.79. The van der Waals surface area contributed by atoms with Crippen LogP contribution in [0.25, 0.3) is 16.9 Å². The highest BCUT2D eigenvalue weighted by Gasteiger charge is 2.35. The number of hydrogen-bond acceptors (Lipinski definition) is 4. The SMILES string of the molecule is O=C([O-])c1cc2nc(-c3ccc(F)cc3)cc(C(F)(F)F)n2n1. The lowest BCUT2D eigenvalue weighted by molar-refractivity contribution is -0.255. The standard InChI is InChI=1S/C14H7F4N3O2/c15-8-3-1-7(2-4-8)9-5-11(14(16,17)18)21-12(19-9)6-10(20-21)13(22)23/h1-6H,(H,22,23)/p-1. The van der Waals surface area contributed by atoms with Gasteiger partial charge in [0.2, 0.25) is 0 Å². The highest BCUT2D eigenvalue weighted by atomic mass is 19.4. The maximum Gasteiger partial charge on any atom is 0.433 e. The lowest BCUT2D eigenvalue weighted by Crippen LogP contribution is -2.23. The molecule has 0 bridgehead atoms. The van der Waals surface area contributed by atoms with Crippen LogP contribution < -0.4 is 5.11 Å². The van der Waals surface area contributed by atoms with Crippen molar-refractivity contribution in [2.75, 3.05) is 0 Å². The van der Waals surface area contributed by atoms with Crippen LogP contribution in [0.3, 0.4) is 0 Å². The zero-order valence-corrected chi connectivity index (χ0v) is 11.1. The summed E-state index contributed by atoms with van der Waals surface area (Å²) in [6, 6.07) is 6.29. The van der Waals surface area contributed by atoms with Crippen molar-refractivity contribution in [2.45, 2.75) is 6.18 Å². The van der Waals surface area contributed by atoms with Crippen LogP contribution in [0.4, 0.5) is 17.6 Å². The van der Waals surface area contributed by atoms with Crippen LogP contribution in [-0.4, -0.2) is 20.6 Å². The van der Waals surface area contributed by atoms with E-state index in [2.05, 4.69) is 10.1 Å². The number of nitrogens with zero attached hydrogens (tertiary/aromatic N) is 3. The molecule has 0 aliphatic rings. The number of fused-ring (bicyclic) bond motifs is 1. The molecule has 0 spiro atoms. The monoisotopic (exact) mass is 324 g/mol. The number of hydrogen-bond donors (Lipinski definition) is 0. The number of halogens is 4. The van der Waals surface area contributed by atoms with Crippen LogP contribution in [-0.2, 0) is 6.18 Å². The van der Waals surface area contributed by atoms with Gasteiger partial charge in [-0.05, 0) is 30.3 Å². The Bertz CT molecular complexity index is 901. The smallest absolute Gasteiger partial charge is 0.433 e. The number of aromatic nitrogens is 3. The Morgan fingerprint density at radius 3 is 2.35 bits per heavy atom. The van der Waals surface area contributed by atoms with Crippen molar-refractivity contribution >= 4 is 11.6 Å². The van der Waals surface area contributed by atoms with E-state index in [-0.39, 0.29) is 16.9 Å². The lowest BCUT2D eigenvalue weighted by Gasteiger charge is -2.11. The Balaban J connectivity index is 2.28. The van der Waals surface area contributed by atoms with Crippen molar-refractivity contribution in [2.24, 2.45) is 0 Å². The first-order chi connectivity index (χ1) is 10.8. The van der Waals surface area contributed by atoms with Gasteiger partial charge in [-0.2, -0.15) is 18.3 Å². The number of alkyl halides is 3. The number of aromatic carboxylic acids is 1. The molecule has 0 amide bonds. The third kappa shape index (κ3) is 2.72. The number of benzene rings is 1. The van der Waals surface area contributed by atoms with Crippen LogP contribution >= 0.6 is 0 Å². The van der Waals surface area contributed by atoms with Gasteiger partial charge < -0.3 is 9.90 Å². The highest BCUT2D eigenvalue weighted by Crippen LogP contribution is 2.32. The van der Waals surface area contributed by atoms with Gasteiger partial charge >= 0.3 is 6.18 Å². The Kier molecular flexibility index (Phi) is 3.28. The fourth-order valence-corrected chi connectivity index (χ4v) is 2.04. The maximum absolute atomic E-state index is 13.2. The summed E-state index contributed by atoms with van der Waals surface area (Å²) >= 11 is 0. The topological polar surface area (TPSA) is 70.3 Å². The van der Waals surface area contributed by atoms with E-state index < -0.39 is 29.4 Å². The second-order valence-corrected chi connectivity index (χ2v) is 4.62. The van der Waals surface area contributed by atoms with Crippen molar-refractivity contribution in [1.29, 1.82) is 0 Å². The normalized spacial score (nSPS) is 11.8. The van der Waals surface area contributed by atoms with Gasteiger partial charge in [0.15, 0.2) is 11.3 Å². The number of rotatable bonds is 2. The van der Waals surface area contributed by atoms with Crippen molar-refractivity contribution in [1.82, 2.24) is 14.6 Å². The van der Waals surface area contributed by atoms with Crippen LogP contribution in [0.15, 0.2) is 36.4 Å². The van der Waals surface area contributed by atoms with Gasteiger partial charge in [-0.25, -0.2) is 13.9 Å². The van der Waals surface area contributed by atoms with E-state index in [0.717, 1.165) is 18.2 Å². The molecule has 3 aromatic rings. The van der Waals surface area contributed by atoms with Crippen LogP contribution in [0, 0.1) is 5.82 Å². The van der Waals surface area contributed by atoms with E-state index >= 15 is 0 Å². The largest absolute Gasteiger partial charge is 0.543 e. The highest BCUT2D eigenvalue weighted by molar-refractivity contribution is 5.85. The third-order valence-electron chi connectivity index (χ3n) is 3.07. The molecule has 0 saturated heterocycles. The molecule has 0 aliphatic heterocycles. The fraction of sp³-hybridized carbons (Fsp3) is 0.0714. The first kappa shape index (κ1) is 14.9. The molecule has 0 saturated carbocycles. The molecule has 1 aromatic carbocycles. The molecule has 23 heavy (non-hydrogen) atoms. The Morgan fingerprint density at radius 2 is 1.78 bits per heavy atom. The van der Waals surface area contributed by atoms with Gasteiger partial charge in [0.25, 0.3) is 0 Å². The minimum atomic E-state index is -4.79.